The summed E-state index contributed by atoms with van der Waals surface area (Å²) in [5.41, 5.74) is 16.7. The van der Waals surface area contributed by atoms with Gasteiger partial charge < -0.3 is 18.6 Å². The summed E-state index contributed by atoms with van der Waals surface area (Å²) in [5, 5.41) is 1.14. The lowest BCUT2D eigenvalue weighted by Gasteiger charge is -2.44. The summed E-state index contributed by atoms with van der Waals surface area (Å²) in [6, 6.07) is 30.2. The van der Waals surface area contributed by atoms with Gasteiger partial charge in [0.25, 0.3) is 6.71 Å². The van der Waals surface area contributed by atoms with Gasteiger partial charge in [0.05, 0.1) is 17.0 Å². The average Bonchev–Trinajstić information content (AvgIpc) is 3.74. The highest BCUT2D eigenvalue weighted by atomic mass is 16.3. The zero-order chi connectivity index (χ0) is 40.1. The Hall–Kier alpha value is -4.64. The fourth-order valence-corrected chi connectivity index (χ4v) is 9.64. The van der Waals surface area contributed by atoms with Gasteiger partial charge in [-0.2, -0.15) is 0 Å². The van der Waals surface area contributed by atoms with Gasteiger partial charge in [-0.25, -0.2) is 0 Å². The van der Waals surface area contributed by atoms with Gasteiger partial charge >= 0.3 is 0 Å². The smallest absolute Gasteiger partial charge is 0.297 e. The summed E-state index contributed by atoms with van der Waals surface area (Å²) < 4.78 is 14.2. The number of benzene rings is 4. The zero-order valence-corrected chi connectivity index (χ0v) is 36.2. The maximum Gasteiger partial charge on any atom is 0.297 e. The number of aryl methyl sites for hydroxylation is 1. The van der Waals surface area contributed by atoms with Crippen molar-refractivity contribution in [2.45, 2.75) is 137 Å². The average molecular weight is 743 g/mol. The molecule has 0 saturated carbocycles. The zero-order valence-electron chi connectivity index (χ0n) is 36.2. The molecule has 0 N–H and O–H groups in total. The van der Waals surface area contributed by atoms with Gasteiger partial charge in [0, 0.05) is 44.5 Å². The second kappa shape index (κ2) is 11.7. The van der Waals surface area contributed by atoms with Crippen molar-refractivity contribution in [3.05, 3.63) is 113 Å². The minimum Gasteiger partial charge on any atom is -0.472 e. The first-order valence-corrected chi connectivity index (χ1v) is 20.8. The molecule has 0 atom stereocenters. The number of hydrogen-bond acceptors (Lipinski definition) is 4. The van der Waals surface area contributed by atoms with Crippen molar-refractivity contribution in [1.82, 2.24) is 0 Å². The first-order chi connectivity index (χ1) is 26.1. The summed E-state index contributed by atoms with van der Waals surface area (Å²) >= 11 is 0. The van der Waals surface area contributed by atoms with Crippen LogP contribution in [0, 0.1) is 6.92 Å². The molecule has 0 fully saturated rings. The van der Waals surface area contributed by atoms with Crippen LogP contribution in [-0.2, 0) is 27.1 Å². The molecular formula is C51H59BN2O2. The number of fused-ring (bicyclic) bond motifs is 8. The highest BCUT2D eigenvalue weighted by molar-refractivity contribution is 7.00. The largest absolute Gasteiger partial charge is 0.472 e. The van der Waals surface area contributed by atoms with Crippen LogP contribution in [0.5, 0.6) is 0 Å². The molecule has 5 heteroatoms. The molecule has 1 aliphatic carbocycles. The van der Waals surface area contributed by atoms with E-state index in [1.54, 1.807) is 0 Å². The molecule has 4 nitrogen and oxygen atoms in total. The third-order valence-corrected chi connectivity index (χ3v) is 13.1. The maximum absolute atomic E-state index is 7.53. The number of anilines is 6. The van der Waals surface area contributed by atoms with E-state index in [-0.39, 0.29) is 33.8 Å². The third kappa shape index (κ3) is 5.46. The number of nitrogens with zero attached hydrogens (tertiary/aromatic N) is 2. The Balaban J connectivity index is 1.41. The van der Waals surface area contributed by atoms with Gasteiger partial charge in [0.1, 0.15) is 17.1 Å². The minimum atomic E-state index is -0.139. The number of rotatable bonds is 2. The second-order valence-electron chi connectivity index (χ2n) is 21.5. The molecule has 56 heavy (non-hydrogen) atoms. The van der Waals surface area contributed by atoms with Crippen LogP contribution >= 0.6 is 0 Å². The lowest BCUT2D eigenvalue weighted by atomic mass is 9.35. The Morgan fingerprint density at radius 3 is 1.62 bits per heavy atom. The molecule has 0 radical (unpaired) electrons. The van der Waals surface area contributed by atoms with E-state index in [0.29, 0.717) is 0 Å². The molecule has 3 aliphatic rings. The lowest BCUT2D eigenvalue weighted by Crippen LogP contribution is -2.61. The van der Waals surface area contributed by atoms with Crippen molar-refractivity contribution in [2.75, 3.05) is 9.80 Å². The van der Waals surface area contributed by atoms with E-state index in [9.17, 15) is 0 Å². The Kier molecular flexibility index (Phi) is 7.73. The normalized spacial score (nSPS) is 17.1. The van der Waals surface area contributed by atoms with Crippen LogP contribution in [0.4, 0.5) is 34.1 Å². The van der Waals surface area contributed by atoms with E-state index in [1.165, 1.54) is 61.6 Å². The van der Waals surface area contributed by atoms with Crippen molar-refractivity contribution in [1.29, 1.82) is 0 Å². The third-order valence-electron chi connectivity index (χ3n) is 13.1. The molecule has 2 aromatic heterocycles. The van der Waals surface area contributed by atoms with Crippen LogP contribution in [-0.4, -0.2) is 6.71 Å². The SMILES string of the molecule is Cc1cc2c3c(c1)N(c1ccc(C(C)(C)C)cc1)c1c(ccc4oc(C(C)(C)C)cc14)B3c1oc3c(c1N2c1ccc(C(C)(C)C)cc1)C(C)(C)CCC3(C)C. The van der Waals surface area contributed by atoms with Crippen LogP contribution in [0.25, 0.3) is 11.0 Å². The van der Waals surface area contributed by atoms with E-state index >= 15 is 0 Å². The summed E-state index contributed by atoms with van der Waals surface area (Å²) in [6.45, 7) is 32.2. The Bertz CT molecular complexity index is 2540. The van der Waals surface area contributed by atoms with Gasteiger partial charge in [-0.1, -0.05) is 120 Å². The topological polar surface area (TPSA) is 32.8 Å². The van der Waals surface area contributed by atoms with E-state index in [4.69, 9.17) is 8.83 Å². The fraction of sp³-hybridized carbons (Fsp3) is 0.412. The summed E-state index contributed by atoms with van der Waals surface area (Å²) in [4.78, 5) is 5.09. The standard InChI is InChI=1S/C51H59BN2O2/c1-30-27-37-42-38(28-30)54(34-21-17-32(18-22-34)48(5,6)7)44-41-45(51(13,14)26-25-50(41,11)12)56-46(44)52(42)36-23-24-39-35(29-40(55-39)49(8,9)10)43(36)53(37)33-19-15-31(16-20-33)47(2,3)4/h15-24,27-29H,25-26H2,1-14H3. The summed E-state index contributed by atoms with van der Waals surface area (Å²) in [5.74, 6) is 2.13. The van der Waals surface area contributed by atoms with Crippen LogP contribution in [0.2, 0.25) is 0 Å². The van der Waals surface area contributed by atoms with Crippen molar-refractivity contribution < 1.29 is 8.83 Å². The molecule has 0 unspecified atom stereocenters. The second-order valence-corrected chi connectivity index (χ2v) is 21.5. The predicted molar refractivity (Wildman–Crippen MR) is 239 cm³/mol. The van der Waals surface area contributed by atoms with Crippen molar-refractivity contribution in [2.24, 2.45) is 0 Å². The van der Waals surface area contributed by atoms with Gasteiger partial charge in [-0.05, 0) is 112 Å². The minimum absolute atomic E-state index is 0.0464. The van der Waals surface area contributed by atoms with Crippen LogP contribution in [0.15, 0.2) is 87.7 Å². The van der Waals surface area contributed by atoms with Crippen LogP contribution < -0.4 is 26.4 Å². The molecule has 288 valence electrons. The molecule has 9 rings (SSSR count). The van der Waals surface area contributed by atoms with E-state index in [1.807, 2.05) is 0 Å². The monoisotopic (exact) mass is 742 g/mol. The van der Waals surface area contributed by atoms with Crippen molar-refractivity contribution in [3.8, 4) is 0 Å². The Morgan fingerprint density at radius 1 is 0.589 bits per heavy atom. The first kappa shape index (κ1) is 37.0. The molecule has 0 amide bonds. The molecule has 4 heterocycles. The lowest BCUT2D eigenvalue weighted by molar-refractivity contribution is 0.282. The highest BCUT2D eigenvalue weighted by Gasteiger charge is 2.52. The molecule has 0 bridgehead atoms. The molecule has 2 aliphatic heterocycles. The number of hydrogen-bond donors (Lipinski definition) is 0. The fourth-order valence-electron chi connectivity index (χ4n) is 9.64. The Labute approximate surface area is 335 Å². The summed E-state index contributed by atoms with van der Waals surface area (Å²) in [7, 11) is 0. The van der Waals surface area contributed by atoms with Crippen molar-refractivity contribution in [3.63, 3.8) is 0 Å². The maximum atomic E-state index is 7.53. The van der Waals surface area contributed by atoms with Crippen LogP contribution in [0.3, 0.4) is 0 Å². The van der Waals surface area contributed by atoms with E-state index in [0.717, 1.165) is 46.7 Å². The van der Waals surface area contributed by atoms with E-state index < -0.39 is 0 Å². The number of furan rings is 2. The van der Waals surface area contributed by atoms with Crippen molar-refractivity contribution >= 4 is 68.4 Å². The van der Waals surface area contributed by atoms with E-state index in [2.05, 4.69) is 186 Å². The van der Waals surface area contributed by atoms with Gasteiger partial charge in [-0.15, -0.1) is 0 Å². The first-order valence-electron chi connectivity index (χ1n) is 20.8. The Morgan fingerprint density at radius 2 is 1.11 bits per heavy atom. The predicted octanol–water partition coefficient (Wildman–Crippen LogP) is 12.7. The van der Waals surface area contributed by atoms with Gasteiger partial charge in [0.2, 0.25) is 0 Å². The molecule has 4 aromatic carbocycles. The van der Waals surface area contributed by atoms with Gasteiger partial charge in [0.15, 0.2) is 0 Å². The quantitative estimate of drug-likeness (QED) is 0.165. The summed E-state index contributed by atoms with van der Waals surface area (Å²) in [6.07, 6.45) is 2.19. The van der Waals surface area contributed by atoms with Crippen LogP contribution in [0.1, 0.15) is 137 Å². The molecular weight excluding hydrogens is 683 g/mol. The molecule has 6 aromatic rings. The van der Waals surface area contributed by atoms with Gasteiger partial charge in [-0.3, -0.25) is 0 Å². The molecule has 0 spiro atoms. The molecule has 0 saturated heterocycles. The highest BCUT2D eigenvalue weighted by Crippen LogP contribution is 2.55.